The number of halogens is 2. The Labute approximate surface area is 132 Å². The van der Waals surface area contributed by atoms with Crippen LogP contribution < -0.4 is 9.47 Å². The lowest BCUT2D eigenvalue weighted by molar-refractivity contribution is 0.321. The molecule has 2 aromatic rings. The zero-order valence-electron chi connectivity index (χ0n) is 11.2. The van der Waals surface area contributed by atoms with Gasteiger partial charge in [-0.2, -0.15) is 0 Å². The van der Waals surface area contributed by atoms with Gasteiger partial charge in [0.25, 0.3) is 0 Å². The maximum atomic E-state index is 5.87. The average Bonchev–Trinajstić information content (AvgIpc) is 2.49. The Morgan fingerprint density at radius 1 is 1.05 bits per heavy atom. The van der Waals surface area contributed by atoms with Crippen molar-refractivity contribution in [3.63, 3.8) is 0 Å². The van der Waals surface area contributed by atoms with Crippen LogP contribution in [-0.4, -0.2) is 13.7 Å². The topological polar surface area (TPSA) is 18.5 Å². The Morgan fingerprint density at radius 2 is 1.75 bits per heavy atom. The second kappa shape index (κ2) is 7.55. The third kappa shape index (κ3) is 4.15. The Bertz CT molecular complexity index is 555. The number of alkyl halides is 1. The fourth-order valence-corrected chi connectivity index (χ4v) is 2.59. The van der Waals surface area contributed by atoms with Gasteiger partial charge in [0, 0.05) is 16.8 Å². The van der Waals surface area contributed by atoms with Gasteiger partial charge in [0.15, 0.2) is 0 Å². The van der Waals surface area contributed by atoms with Crippen LogP contribution >= 0.6 is 27.5 Å². The van der Waals surface area contributed by atoms with Crippen molar-refractivity contribution >= 4 is 27.5 Å². The summed E-state index contributed by atoms with van der Waals surface area (Å²) in [6, 6.07) is 13.9. The third-order valence-corrected chi connectivity index (χ3v) is 4.04. The first-order valence-electron chi connectivity index (χ1n) is 6.33. The lowest BCUT2D eigenvalue weighted by Crippen LogP contribution is -2.01. The predicted octanol–water partition coefficient (Wildman–Crippen LogP) is 4.82. The highest BCUT2D eigenvalue weighted by Crippen LogP contribution is 2.24. The summed E-state index contributed by atoms with van der Waals surface area (Å²) < 4.78 is 11.9. The Kier molecular flexibility index (Phi) is 5.74. The summed E-state index contributed by atoms with van der Waals surface area (Å²) in [6.07, 6.45) is 0.857. The SMILES string of the molecule is COc1ccc(CCOc2ccc(Br)c(CCl)c2)cc1. The summed E-state index contributed by atoms with van der Waals surface area (Å²) in [6.45, 7) is 0.635. The Balaban J connectivity index is 1.88. The fraction of sp³-hybridized carbons (Fsp3) is 0.250. The number of rotatable bonds is 6. The van der Waals surface area contributed by atoms with E-state index in [1.165, 1.54) is 5.56 Å². The van der Waals surface area contributed by atoms with Crippen molar-refractivity contribution in [1.82, 2.24) is 0 Å². The molecule has 0 bridgehead atoms. The molecule has 0 saturated carbocycles. The largest absolute Gasteiger partial charge is 0.497 e. The first-order valence-corrected chi connectivity index (χ1v) is 7.66. The molecule has 0 amide bonds. The van der Waals surface area contributed by atoms with E-state index in [1.54, 1.807) is 7.11 Å². The first kappa shape index (κ1) is 15.2. The van der Waals surface area contributed by atoms with Gasteiger partial charge >= 0.3 is 0 Å². The molecule has 0 aliphatic rings. The monoisotopic (exact) mass is 354 g/mol. The third-order valence-electron chi connectivity index (χ3n) is 2.98. The molecule has 4 heteroatoms. The molecule has 0 aliphatic heterocycles. The molecular weight excluding hydrogens is 340 g/mol. The standard InChI is InChI=1S/C16H16BrClO2/c1-19-14-4-2-12(3-5-14)8-9-20-15-6-7-16(17)13(10-15)11-18/h2-7,10H,8-9,11H2,1H3. The number of methoxy groups -OCH3 is 1. The van der Waals surface area contributed by atoms with Crippen molar-refractivity contribution < 1.29 is 9.47 Å². The van der Waals surface area contributed by atoms with Crippen LogP contribution in [-0.2, 0) is 12.3 Å². The van der Waals surface area contributed by atoms with Gasteiger partial charge in [-0.05, 0) is 41.5 Å². The Morgan fingerprint density at radius 3 is 2.40 bits per heavy atom. The molecule has 2 nitrogen and oxygen atoms in total. The number of hydrogen-bond acceptors (Lipinski definition) is 2. The average molecular weight is 356 g/mol. The zero-order valence-corrected chi connectivity index (χ0v) is 13.6. The summed E-state index contributed by atoms with van der Waals surface area (Å²) in [5.41, 5.74) is 2.26. The normalized spacial score (nSPS) is 10.3. The van der Waals surface area contributed by atoms with Gasteiger partial charge in [-0.15, -0.1) is 11.6 Å². The van der Waals surface area contributed by atoms with Gasteiger partial charge in [0.2, 0.25) is 0 Å². The van der Waals surface area contributed by atoms with Crippen molar-refractivity contribution in [1.29, 1.82) is 0 Å². The van der Waals surface area contributed by atoms with E-state index in [0.29, 0.717) is 12.5 Å². The molecule has 0 radical (unpaired) electrons. The van der Waals surface area contributed by atoms with Gasteiger partial charge in [-0.1, -0.05) is 28.1 Å². The summed E-state index contributed by atoms with van der Waals surface area (Å²) >= 11 is 9.32. The van der Waals surface area contributed by atoms with Crippen molar-refractivity contribution in [3.8, 4) is 11.5 Å². The molecule has 0 spiro atoms. The molecule has 0 atom stereocenters. The van der Waals surface area contributed by atoms with E-state index < -0.39 is 0 Å². The summed E-state index contributed by atoms with van der Waals surface area (Å²) in [4.78, 5) is 0. The molecule has 20 heavy (non-hydrogen) atoms. The summed E-state index contributed by atoms with van der Waals surface area (Å²) in [7, 11) is 1.67. The van der Waals surface area contributed by atoms with Crippen LogP contribution in [0.4, 0.5) is 0 Å². The molecule has 0 unspecified atom stereocenters. The van der Waals surface area contributed by atoms with Crippen LogP contribution in [0.25, 0.3) is 0 Å². The molecule has 2 aromatic carbocycles. The molecular formula is C16H16BrClO2. The second-order valence-electron chi connectivity index (χ2n) is 4.33. The lowest BCUT2D eigenvalue weighted by atomic mass is 10.1. The van der Waals surface area contributed by atoms with Crippen LogP contribution in [0.2, 0.25) is 0 Å². The van der Waals surface area contributed by atoms with Gasteiger partial charge in [0.05, 0.1) is 13.7 Å². The minimum atomic E-state index is 0.469. The highest BCUT2D eigenvalue weighted by molar-refractivity contribution is 9.10. The van der Waals surface area contributed by atoms with Crippen LogP contribution in [0.3, 0.4) is 0 Å². The fourth-order valence-electron chi connectivity index (χ4n) is 1.82. The van der Waals surface area contributed by atoms with E-state index in [-0.39, 0.29) is 0 Å². The molecule has 106 valence electrons. The van der Waals surface area contributed by atoms with Crippen LogP contribution in [0.1, 0.15) is 11.1 Å². The van der Waals surface area contributed by atoms with Gasteiger partial charge < -0.3 is 9.47 Å². The van der Waals surface area contributed by atoms with Gasteiger partial charge in [-0.3, -0.25) is 0 Å². The zero-order chi connectivity index (χ0) is 14.4. The minimum absolute atomic E-state index is 0.469. The number of ether oxygens (including phenoxy) is 2. The van der Waals surface area contributed by atoms with Crippen molar-refractivity contribution in [2.75, 3.05) is 13.7 Å². The van der Waals surface area contributed by atoms with E-state index >= 15 is 0 Å². The predicted molar refractivity (Wildman–Crippen MR) is 85.9 cm³/mol. The maximum Gasteiger partial charge on any atom is 0.119 e. The molecule has 0 aromatic heterocycles. The van der Waals surface area contributed by atoms with E-state index in [0.717, 1.165) is 28.0 Å². The minimum Gasteiger partial charge on any atom is -0.497 e. The molecule has 0 N–H and O–H groups in total. The van der Waals surface area contributed by atoms with Crippen molar-refractivity contribution in [2.24, 2.45) is 0 Å². The lowest BCUT2D eigenvalue weighted by Gasteiger charge is -2.09. The summed E-state index contributed by atoms with van der Waals surface area (Å²) in [5.74, 6) is 2.18. The Hall–Kier alpha value is -1.19. The highest BCUT2D eigenvalue weighted by atomic mass is 79.9. The molecule has 0 heterocycles. The van der Waals surface area contributed by atoms with E-state index in [1.807, 2.05) is 42.5 Å². The van der Waals surface area contributed by atoms with E-state index in [2.05, 4.69) is 15.9 Å². The van der Waals surface area contributed by atoms with Gasteiger partial charge in [0.1, 0.15) is 11.5 Å². The molecule has 2 rings (SSSR count). The first-order chi connectivity index (χ1) is 9.72. The van der Waals surface area contributed by atoms with Crippen LogP contribution in [0.15, 0.2) is 46.9 Å². The smallest absolute Gasteiger partial charge is 0.119 e. The summed E-state index contributed by atoms with van der Waals surface area (Å²) in [5, 5.41) is 0. The van der Waals surface area contributed by atoms with Crippen molar-refractivity contribution in [3.05, 3.63) is 58.1 Å². The van der Waals surface area contributed by atoms with E-state index in [9.17, 15) is 0 Å². The quantitative estimate of drug-likeness (QED) is 0.692. The number of benzene rings is 2. The van der Waals surface area contributed by atoms with Crippen LogP contribution in [0, 0.1) is 0 Å². The van der Waals surface area contributed by atoms with Crippen LogP contribution in [0.5, 0.6) is 11.5 Å². The molecule has 0 saturated heterocycles. The molecule has 0 aliphatic carbocycles. The highest BCUT2D eigenvalue weighted by Gasteiger charge is 2.02. The molecule has 0 fully saturated rings. The van der Waals surface area contributed by atoms with E-state index in [4.69, 9.17) is 21.1 Å². The van der Waals surface area contributed by atoms with Gasteiger partial charge in [-0.25, -0.2) is 0 Å². The second-order valence-corrected chi connectivity index (χ2v) is 5.45. The van der Waals surface area contributed by atoms with Crippen molar-refractivity contribution in [2.45, 2.75) is 12.3 Å². The number of hydrogen-bond donors (Lipinski definition) is 0. The maximum absolute atomic E-state index is 5.87.